The van der Waals surface area contributed by atoms with Gasteiger partial charge in [0.2, 0.25) is 0 Å². The Kier molecular flexibility index (Phi) is 4.81. The van der Waals surface area contributed by atoms with Crippen molar-refractivity contribution < 1.29 is 22.7 Å². The zero-order valence-electron chi connectivity index (χ0n) is 9.23. The second kappa shape index (κ2) is 6.12. The molecule has 1 aromatic rings. The Balaban J connectivity index is 2.47. The first-order valence-electron chi connectivity index (χ1n) is 5.00. The molecule has 0 saturated carbocycles. The normalized spacial score (nSPS) is 10.1. The third-order valence-corrected chi connectivity index (χ3v) is 2.14. The molecular weight excluding hydrogens is 235 g/mol. The molecule has 0 aromatic heterocycles. The maximum atomic E-state index is 13.1. The third kappa shape index (κ3) is 3.65. The number of benzene rings is 1. The Bertz CT molecular complexity index is 410. The summed E-state index contributed by atoms with van der Waals surface area (Å²) in [6, 6.07) is 1.94. The van der Waals surface area contributed by atoms with Gasteiger partial charge in [-0.2, -0.15) is 0 Å². The van der Waals surface area contributed by atoms with E-state index >= 15 is 0 Å². The van der Waals surface area contributed by atoms with Gasteiger partial charge in [-0.05, 0) is 18.6 Å². The first-order valence-corrected chi connectivity index (χ1v) is 5.00. The van der Waals surface area contributed by atoms with Gasteiger partial charge in [0.05, 0.1) is 12.8 Å². The zero-order chi connectivity index (χ0) is 12.8. The second-order valence-electron chi connectivity index (χ2n) is 3.33. The number of methoxy groups -OCH3 is 1. The number of carbonyl (C=O) groups excluding carboxylic acids is 1. The minimum absolute atomic E-state index is 0.131. The number of halogens is 3. The van der Waals surface area contributed by atoms with Crippen molar-refractivity contribution in [1.29, 1.82) is 0 Å². The molecule has 0 unspecified atom stereocenters. The summed E-state index contributed by atoms with van der Waals surface area (Å²) in [5.41, 5.74) is -0.131. The lowest BCUT2D eigenvalue weighted by molar-refractivity contribution is -0.140. The van der Waals surface area contributed by atoms with Crippen molar-refractivity contribution in [1.82, 2.24) is 0 Å². The largest absolute Gasteiger partial charge is 0.469 e. The molecule has 0 radical (unpaired) electrons. The fourth-order valence-electron chi connectivity index (χ4n) is 1.22. The van der Waals surface area contributed by atoms with Gasteiger partial charge < -0.3 is 10.1 Å². The molecule has 0 atom stereocenters. The molecule has 0 aliphatic heterocycles. The minimum atomic E-state index is -1.51. The number of hydrogen-bond acceptors (Lipinski definition) is 3. The minimum Gasteiger partial charge on any atom is -0.469 e. The van der Waals surface area contributed by atoms with Crippen LogP contribution in [0.25, 0.3) is 0 Å². The summed E-state index contributed by atoms with van der Waals surface area (Å²) in [4.78, 5) is 10.8. The van der Waals surface area contributed by atoms with Crippen LogP contribution in [0.5, 0.6) is 0 Å². The van der Waals surface area contributed by atoms with Crippen molar-refractivity contribution in [2.75, 3.05) is 19.0 Å². The van der Waals surface area contributed by atoms with Gasteiger partial charge in [-0.1, -0.05) is 0 Å². The van der Waals surface area contributed by atoms with Crippen molar-refractivity contribution in [3.63, 3.8) is 0 Å². The maximum Gasteiger partial charge on any atom is 0.305 e. The van der Waals surface area contributed by atoms with E-state index in [-0.39, 0.29) is 24.6 Å². The van der Waals surface area contributed by atoms with Crippen LogP contribution >= 0.6 is 0 Å². The van der Waals surface area contributed by atoms with Crippen LogP contribution in [0.4, 0.5) is 18.9 Å². The number of esters is 1. The topological polar surface area (TPSA) is 38.3 Å². The smallest absolute Gasteiger partial charge is 0.305 e. The number of anilines is 1. The molecule has 1 N–H and O–H groups in total. The first kappa shape index (κ1) is 13.3. The molecule has 3 nitrogen and oxygen atoms in total. The molecule has 0 fully saturated rings. The fourth-order valence-corrected chi connectivity index (χ4v) is 1.22. The average molecular weight is 247 g/mol. The van der Waals surface area contributed by atoms with Gasteiger partial charge in [0.15, 0.2) is 17.5 Å². The van der Waals surface area contributed by atoms with Gasteiger partial charge in [-0.3, -0.25) is 4.79 Å². The van der Waals surface area contributed by atoms with Crippen LogP contribution in [0.1, 0.15) is 12.8 Å². The predicted octanol–water partition coefficient (Wildman–Crippen LogP) is 2.47. The lowest BCUT2D eigenvalue weighted by Gasteiger charge is -2.07. The first-order chi connectivity index (χ1) is 8.06. The molecule has 0 spiro atoms. The summed E-state index contributed by atoms with van der Waals surface area (Å²) in [6.07, 6.45) is 0.583. The summed E-state index contributed by atoms with van der Waals surface area (Å²) in [7, 11) is 1.27. The average Bonchev–Trinajstić information content (AvgIpc) is 2.33. The van der Waals surface area contributed by atoms with E-state index in [4.69, 9.17) is 0 Å². The van der Waals surface area contributed by atoms with Crippen LogP contribution in [0.15, 0.2) is 12.1 Å². The van der Waals surface area contributed by atoms with E-state index < -0.39 is 17.5 Å². The lowest BCUT2D eigenvalue weighted by atomic mass is 10.2. The standard InChI is InChI=1S/C11H12F3NO2/c1-17-9(16)3-2-6-15-8-5-4-7(12)10(13)11(8)14/h4-5,15H,2-3,6H2,1H3. The molecule has 0 amide bonds. The molecular formula is C11H12F3NO2. The highest BCUT2D eigenvalue weighted by Crippen LogP contribution is 2.19. The SMILES string of the molecule is COC(=O)CCCNc1ccc(F)c(F)c1F. The molecule has 1 rings (SSSR count). The Morgan fingerprint density at radius 2 is 2.00 bits per heavy atom. The van der Waals surface area contributed by atoms with E-state index in [9.17, 15) is 18.0 Å². The lowest BCUT2D eigenvalue weighted by Crippen LogP contribution is -2.08. The molecule has 6 heteroatoms. The zero-order valence-corrected chi connectivity index (χ0v) is 9.23. The van der Waals surface area contributed by atoms with Gasteiger partial charge in [-0.15, -0.1) is 0 Å². The van der Waals surface area contributed by atoms with Gasteiger partial charge in [0.25, 0.3) is 0 Å². The van der Waals surface area contributed by atoms with Crippen molar-refractivity contribution in [3.8, 4) is 0 Å². The monoisotopic (exact) mass is 247 g/mol. The summed E-state index contributed by atoms with van der Waals surface area (Å²) >= 11 is 0. The molecule has 1 aromatic carbocycles. The Morgan fingerprint density at radius 1 is 1.29 bits per heavy atom. The van der Waals surface area contributed by atoms with Crippen molar-refractivity contribution >= 4 is 11.7 Å². The van der Waals surface area contributed by atoms with Crippen LogP contribution in [-0.4, -0.2) is 19.6 Å². The van der Waals surface area contributed by atoms with Crippen LogP contribution in [-0.2, 0) is 9.53 Å². The van der Waals surface area contributed by atoms with Gasteiger partial charge in [-0.25, -0.2) is 13.2 Å². The van der Waals surface area contributed by atoms with Crippen LogP contribution in [0.3, 0.4) is 0 Å². The van der Waals surface area contributed by atoms with E-state index in [0.29, 0.717) is 6.42 Å². The molecule has 0 aliphatic rings. The van der Waals surface area contributed by atoms with Crippen LogP contribution < -0.4 is 5.32 Å². The van der Waals surface area contributed by atoms with E-state index in [1.165, 1.54) is 7.11 Å². The van der Waals surface area contributed by atoms with Crippen LogP contribution in [0.2, 0.25) is 0 Å². The number of carbonyl (C=O) groups is 1. The van der Waals surface area contributed by atoms with Gasteiger partial charge >= 0.3 is 5.97 Å². The van der Waals surface area contributed by atoms with Crippen molar-refractivity contribution in [2.24, 2.45) is 0 Å². The number of ether oxygens (including phenoxy) is 1. The number of rotatable bonds is 5. The Hall–Kier alpha value is -1.72. The van der Waals surface area contributed by atoms with Crippen molar-refractivity contribution in [2.45, 2.75) is 12.8 Å². The van der Waals surface area contributed by atoms with Gasteiger partial charge in [0, 0.05) is 13.0 Å². The van der Waals surface area contributed by atoms with E-state index in [1.807, 2.05) is 0 Å². The van der Waals surface area contributed by atoms with E-state index in [2.05, 4.69) is 10.1 Å². The molecule has 0 aliphatic carbocycles. The summed E-state index contributed by atoms with van der Waals surface area (Å²) < 4.78 is 43.0. The third-order valence-electron chi connectivity index (χ3n) is 2.14. The summed E-state index contributed by atoms with van der Waals surface area (Å²) in [5.74, 6) is -4.38. The second-order valence-corrected chi connectivity index (χ2v) is 3.33. The number of nitrogens with one attached hydrogen (secondary N) is 1. The Labute approximate surface area is 96.6 Å². The van der Waals surface area contributed by atoms with E-state index in [1.54, 1.807) is 0 Å². The highest BCUT2D eigenvalue weighted by atomic mass is 19.2. The molecule has 0 heterocycles. The highest BCUT2D eigenvalue weighted by Gasteiger charge is 2.12. The maximum absolute atomic E-state index is 13.1. The summed E-state index contributed by atoms with van der Waals surface area (Å²) in [6.45, 7) is 0.261. The molecule has 94 valence electrons. The van der Waals surface area contributed by atoms with Gasteiger partial charge in [0.1, 0.15) is 0 Å². The quantitative estimate of drug-likeness (QED) is 0.493. The molecule has 17 heavy (non-hydrogen) atoms. The Morgan fingerprint density at radius 3 is 2.65 bits per heavy atom. The predicted molar refractivity (Wildman–Crippen MR) is 56.1 cm³/mol. The summed E-state index contributed by atoms with van der Waals surface area (Å²) in [5, 5.41) is 2.57. The van der Waals surface area contributed by atoms with Crippen LogP contribution in [0, 0.1) is 17.5 Å². The van der Waals surface area contributed by atoms with E-state index in [0.717, 1.165) is 12.1 Å². The fraction of sp³-hybridized carbons (Fsp3) is 0.364. The molecule has 0 saturated heterocycles. The molecule has 0 bridgehead atoms. The van der Waals surface area contributed by atoms with Crippen molar-refractivity contribution in [3.05, 3.63) is 29.6 Å². The highest BCUT2D eigenvalue weighted by molar-refractivity contribution is 5.69. The number of hydrogen-bond donors (Lipinski definition) is 1.